The number of ether oxygens (including phenoxy) is 1. The van der Waals surface area contributed by atoms with Gasteiger partial charge in [0, 0.05) is 4.47 Å². The molecule has 0 aromatic heterocycles. The number of rotatable bonds is 4. The summed E-state index contributed by atoms with van der Waals surface area (Å²) in [5.74, 6) is 0.248. The Balaban J connectivity index is 1.92. The first kappa shape index (κ1) is 13.9. The molecule has 0 atom stereocenters. The van der Waals surface area contributed by atoms with Gasteiger partial charge < -0.3 is 10.1 Å². The van der Waals surface area contributed by atoms with Crippen LogP contribution < -0.4 is 10.1 Å². The van der Waals surface area contributed by atoms with Crippen molar-refractivity contribution in [2.45, 2.75) is 0 Å². The third-order valence-electron chi connectivity index (χ3n) is 2.34. The van der Waals surface area contributed by atoms with Gasteiger partial charge in [0.1, 0.15) is 5.75 Å². The second kappa shape index (κ2) is 6.59. The average Bonchev–Trinajstić information content (AvgIpc) is 2.40. The lowest BCUT2D eigenvalue weighted by Crippen LogP contribution is -2.20. The minimum atomic E-state index is -0.244. The summed E-state index contributed by atoms with van der Waals surface area (Å²) < 4.78 is 6.17. The van der Waals surface area contributed by atoms with Crippen molar-refractivity contribution in [3.8, 4) is 5.75 Å². The van der Waals surface area contributed by atoms with E-state index in [0.717, 1.165) is 4.47 Å². The topological polar surface area (TPSA) is 38.3 Å². The van der Waals surface area contributed by atoms with Gasteiger partial charge in [-0.15, -0.1) is 0 Å². The van der Waals surface area contributed by atoms with Crippen molar-refractivity contribution >= 4 is 39.1 Å². The summed E-state index contributed by atoms with van der Waals surface area (Å²) in [5, 5.41) is 3.23. The van der Waals surface area contributed by atoms with E-state index >= 15 is 0 Å². The minimum Gasteiger partial charge on any atom is -0.482 e. The summed E-state index contributed by atoms with van der Waals surface area (Å²) in [6.45, 7) is -0.0922. The molecule has 0 saturated carbocycles. The fourth-order valence-electron chi connectivity index (χ4n) is 1.45. The molecule has 0 bridgehead atoms. The minimum absolute atomic E-state index is 0.0922. The van der Waals surface area contributed by atoms with E-state index in [1.165, 1.54) is 0 Å². The van der Waals surface area contributed by atoms with Crippen LogP contribution in [0.4, 0.5) is 5.69 Å². The number of halogens is 2. The van der Waals surface area contributed by atoms with Crippen LogP contribution in [0.2, 0.25) is 5.02 Å². The summed E-state index contributed by atoms with van der Waals surface area (Å²) in [4.78, 5) is 11.7. The van der Waals surface area contributed by atoms with Crippen LogP contribution in [-0.4, -0.2) is 12.5 Å². The molecule has 0 radical (unpaired) electrons. The van der Waals surface area contributed by atoms with Crippen LogP contribution in [0.25, 0.3) is 0 Å². The molecule has 3 nitrogen and oxygen atoms in total. The molecular formula is C14H11BrClNO2. The van der Waals surface area contributed by atoms with Crippen LogP contribution in [0.1, 0.15) is 0 Å². The van der Waals surface area contributed by atoms with Crippen molar-refractivity contribution in [3.05, 3.63) is 58.0 Å². The van der Waals surface area contributed by atoms with Crippen molar-refractivity contribution in [1.29, 1.82) is 0 Å². The zero-order valence-corrected chi connectivity index (χ0v) is 12.2. The zero-order valence-electron chi connectivity index (χ0n) is 9.90. The average molecular weight is 341 g/mol. The van der Waals surface area contributed by atoms with Gasteiger partial charge in [-0.25, -0.2) is 0 Å². The van der Waals surface area contributed by atoms with E-state index in [2.05, 4.69) is 21.2 Å². The fourth-order valence-corrected chi connectivity index (χ4v) is 2.03. The molecule has 2 aromatic rings. The van der Waals surface area contributed by atoms with Crippen LogP contribution in [-0.2, 0) is 4.79 Å². The highest BCUT2D eigenvalue weighted by Crippen LogP contribution is 2.23. The van der Waals surface area contributed by atoms with Crippen molar-refractivity contribution in [2.75, 3.05) is 11.9 Å². The Morgan fingerprint density at radius 3 is 2.58 bits per heavy atom. The SMILES string of the molecule is O=C(COc1ccccc1Cl)Nc1ccccc1Br. The normalized spacial score (nSPS) is 10.0. The van der Waals surface area contributed by atoms with Crippen molar-refractivity contribution in [1.82, 2.24) is 0 Å². The monoisotopic (exact) mass is 339 g/mol. The number of hydrogen-bond acceptors (Lipinski definition) is 2. The van der Waals surface area contributed by atoms with Gasteiger partial charge in [-0.3, -0.25) is 4.79 Å². The molecule has 19 heavy (non-hydrogen) atoms. The molecule has 0 aliphatic rings. The first-order chi connectivity index (χ1) is 9.16. The summed E-state index contributed by atoms with van der Waals surface area (Å²) >= 11 is 9.28. The second-order valence-electron chi connectivity index (χ2n) is 3.75. The zero-order chi connectivity index (χ0) is 13.7. The van der Waals surface area contributed by atoms with Gasteiger partial charge in [0.15, 0.2) is 6.61 Å². The molecule has 5 heteroatoms. The van der Waals surface area contributed by atoms with Crippen LogP contribution >= 0.6 is 27.5 Å². The summed E-state index contributed by atoms with van der Waals surface area (Å²) in [6.07, 6.45) is 0. The van der Waals surface area contributed by atoms with E-state index in [0.29, 0.717) is 16.5 Å². The molecule has 1 N–H and O–H groups in total. The number of amides is 1. The Labute approximate surface area is 124 Å². The molecule has 0 spiro atoms. The Bertz CT molecular complexity index is 589. The Hall–Kier alpha value is -1.52. The molecular weight excluding hydrogens is 330 g/mol. The predicted octanol–water partition coefficient (Wildman–Crippen LogP) is 4.12. The summed E-state index contributed by atoms with van der Waals surface area (Å²) in [7, 11) is 0. The quantitative estimate of drug-likeness (QED) is 0.909. The molecule has 0 saturated heterocycles. The molecule has 2 rings (SSSR count). The molecule has 0 heterocycles. The lowest BCUT2D eigenvalue weighted by molar-refractivity contribution is -0.118. The highest BCUT2D eigenvalue weighted by atomic mass is 79.9. The van der Waals surface area contributed by atoms with Gasteiger partial charge in [-0.2, -0.15) is 0 Å². The molecule has 0 aliphatic heterocycles. The number of para-hydroxylation sites is 2. The summed E-state index contributed by atoms with van der Waals surface area (Å²) in [5.41, 5.74) is 0.704. The van der Waals surface area contributed by atoms with Gasteiger partial charge >= 0.3 is 0 Å². The fraction of sp³-hybridized carbons (Fsp3) is 0.0714. The van der Waals surface area contributed by atoms with E-state index < -0.39 is 0 Å². The molecule has 98 valence electrons. The molecule has 1 amide bonds. The van der Waals surface area contributed by atoms with Crippen molar-refractivity contribution < 1.29 is 9.53 Å². The number of anilines is 1. The lowest BCUT2D eigenvalue weighted by Gasteiger charge is -2.09. The first-order valence-electron chi connectivity index (χ1n) is 5.58. The number of carbonyl (C=O) groups excluding carboxylic acids is 1. The number of carbonyl (C=O) groups is 1. The highest BCUT2D eigenvalue weighted by molar-refractivity contribution is 9.10. The first-order valence-corrected chi connectivity index (χ1v) is 6.75. The van der Waals surface area contributed by atoms with Gasteiger partial charge in [0.25, 0.3) is 5.91 Å². The number of benzene rings is 2. The largest absolute Gasteiger partial charge is 0.482 e. The molecule has 0 fully saturated rings. The molecule has 2 aromatic carbocycles. The highest BCUT2D eigenvalue weighted by Gasteiger charge is 2.07. The maximum absolute atomic E-state index is 11.7. The van der Waals surface area contributed by atoms with Crippen LogP contribution in [0.5, 0.6) is 5.75 Å². The maximum atomic E-state index is 11.7. The summed E-state index contributed by atoms with van der Waals surface area (Å²) in [6, 6.07) is 14.4. The van der Waals surface area contributed by atoms with Crippen molar-refractivity contribution in [3.63, 3.8) is 0 Å². The van der Waals surface area contributed by atoms with E-state index in [9.17, 15) is 4.79 Å². The van der Waals surface area contributed by atoms with E-state index in [1.807, 2.05) is 18.2 Å². The van der Waals surface area contributed by atoms with Crippen LogP contribution in [0.3, 0.4) is 0 Å². The van der Waals surface area contributed by atoms with E-state index in [4.69, 9.17) is 16.3 Å². The lowest BCUT2D eigenvalue weighted by atomic mass is 10.3. The second-order valence-corrected chi connectivity index (χ2v) is 5.01. The maximum Gasteiger partial charge on any atom is 0.262 e. The van der Waals surface area contributed by atoms with Crippen LogP contribution in [0.15, 0.2) is 53.0 Å². The van der Waals surface area contributed by atoms with Gasteiger partial charge in [0.05, 0.1) is 10.7 Å². The Morgan fingerprint density at radius 2 is 1.84 bits per heavy atom. The Kier molecular flexibility index (Phi) is 4.82. The van der Waals surface area contributed by atoms with Crippen molar-refractivity contribution in [2.24, 2.45) is 0 Å². The third-order valence-corrected chi connectivity index (χ3v) is 3.35. The number of nitrogens with one attached hydrogen (secondary N) is 1. The number of hydrogen-bond donors (Lipinski definition) is 1. The van der Waals surface area contributed by atoms with Gasteiger partial charge in [-0.05, 0) is 40.2 Å². The predicted molar refractivity (Wildman–Crippen MR) is 79.7 cm³/mol. The van der Waals surface area contributed by atoms with Gasteiger partial charge in [0.2, 0.25) is 0 Å². The molecule has 0 unspecified atom stereocenters. The Morgan fingerprint density at radius 1 is 1.16 bits per heavy atom. The smallest absolute Gasteiger partial charge is 0.262 e. The van der Waals surface area contributed by atoms with E-state index in [-0.39, 0.29) is 12.5 Å². The molecule has 0 aliphatic carbocycles. The van der Waals surface area contributed by atoms with Crippen LogP contribution in [0, 0.1) is 0 Å². The van der Waals surface area contributed by atoms with E-state index in [1.54, 1.807) is 30.3 Å². The van der Waals surface area contributed by atoms with Gasteiger partial charge in [-0.1, -0.05) is 35.9 Å². The third kappa shape index (κ3) is 3.98. The standard InChI is InChI=1S/C14H11BrClNO2/c15-10-5-1-3-7-12(10)17-14(18)9-19-13-8-4-2-6-11(13)16/h1-8H,9H2,(H,17,18).